The Hall–Kier alpha value is -1.75. The van der Waals surface area contributed by atoms with E-state index in [2.05, 4.69) is 10.6 Å². The fourth-order valence-electron chi connectivity index (χ4n) is 2.49. The van der Waals surface area contributed by atoms with Gasteiger partial charge in [0, 0.05) is 6.54 Å². The first-order valence-electron chi connectivity index (χ1n) is 7.51. The van der Waals surface area contributed by atoms with Crippen LogP contribution in [0.4, 0.5) is 4.79 Å². The first-order valence-corrected chi connectivity index (χ1v) is 7.51. The lowest BCUT2D eigenvalue weighted by Crippen LogP contribution is -2.45. The molecule has 0 aliphatic heterocycles. The van der Waals surface area contributed by atoms with Crippen LogP contribution in [-0.2, 0) is 0 Å². The van der Waals surface area contributed by atoms with E-state index in [0.29, 0.717) is 19.7 Å². The van der Waals surface area contributed by atoms with E-state index in [1.54, 1.807) is 0 Å². The zero-order valence-electron chi connectivity index (χ0n) is 12.5. The lowest BCUT2D eigenvalue weighted by molar-refractivity contribution is 0.0501. The number of nitrogens with one attached hydrogen (secondary N) is 2. The largest absolute Gasteiger partial charge is 0.492 e. The summed E-state index contributed by atoms with van der Waals surface area (Å²) in [6, 6.07) is 7.52. The number of amides is 2. The third kappa shape index (κ3) is 5.27. The number of carbonyl (C=O) groups is 1. The van der Waals surface area contributed by atoms with E-state index in [-0.39, 0.29) is 6.03 Å². The molecule has 0 bridgehead atoms. The summed E-state index contributed by atoms with van der Waals surface area (Å²) in [6.07, 6.45) is 3.60. The molecule has 0 radical (unpaired) electrons. The second-order valence-corrected chi connectivity index (χ2v) is 5.70. The molecule has 5 nitrogen and oxygen atoms in total. The van der Waals surface area contributed by atoms with Gasteiger partial charge in [0.1, 0.15) is 12.4 Å². The number of benzene rings is 1. The van der Waals surface area contributed by atoms with Crippen molar-refractivity contribution in [2.45, 2.75) is 38.2 Å². The Morgan fingerprint density at radius 2 is 1.90 bits per heavy atom. The van der Waals surface area contributed by atoms with Crippen LogP contribution in [0, 0.1) is 6.92 Å². The first kappa shape index (κ1) is 15.6. The number of hydrogen-bond donors (Lipinski definition) is 3. The summed E-state index contributed by atoms with van der Waals surface area (Å²) in [5.41, 5.74) is 0.472. The predicted molar refractivity (Wildman–Crippen MR) is 81.5 cm³/mol. The number of aryl methyl sites for hydroxylation is 1. The predicted octanol–water partition coefficient (Wildman–Crippen LogP) is 1.98. The molecule has 0 heterocycles. The number of urea groups is 1. The summed E-state index contributed by atoms with van der Waals surface area (Å²) in [7, 11) is 0. The highest BCUT2D eigenvalue weighted by atomic mass is 16.5. The van der Waals surface area contributed by atoms with Crippen LogP contribution < -0.4 is 15.4 Å². The highest BCUT2D eigenvalue weighted by molar-refractivity contribution is 5.73. The van der Waals surface area contributed by atoms with Gasteiger partial charge in [0.05, 0.1) is 12.1 Å². The van der Waals surface area contributed by atoms with Crippen LogP contribution in [0.1, 0.15) is 31.2 Å². The van der Waals surface area contributed by atoms with Crippen LogP contribution in [0.5, 0.6) is 5.75 Å². The average molecular weight is 292 g/mol. The normalized spacial score (nSPS) is 16.5. The van der Waals surface area contributed by atoms with Crippen molar-refractivity contribution >= 4 is 6.03 Å². The molecule has 0 unspecified atom stereocenters. The van der Waals surface area contributed by atoms with Gasteiger partial charge >= 0.3 is 6.03 Å². The van der Waals surface area contributed by atoms with Crippen LogP contribution in [0.25, 0.3) is 0 Å². The third-order valence-electron chi connectivity index (χ3n) is 3.79. The molecule has 2 rings (SSSR count). The number of ether oxygens (including phenoxy) is 1. The van der Waals surface area contributed by atoms with Crippen LogP contribution in [0.3, 0.4) is 0 Å². The zero-order chi connectivity index (χ0) is 15.1. The Labute approximate surface area is 125 Å². The molecule has 3 N–H and O–H groups in total. The third-order valence-corrected chi connectivity index (χ3v) is 3.79. The molecule has 21 heavy (non-hydrogen) atoms. The summed E-state index contributed by atoms with van der Waals surface area (Å²) >= 11 is 0. The van der Waals surface area contributed by atoms with E-state index in [9.17, 15) is 9.90 Å². The maximum Gasteiger partial charge on any atom is 0.315 e. The van der Waals surface area contributed by atoms with Gasteiger partial charge in [-0.05, 0) is 31.9 Å². The van der Waals surface area contributed by atoms with E-state index >= 15 is 0 Å². The standard InChI is InChI=1S/C16H24N2O3/c1-13-4-6-14(7-5-13)21-11-10-17-15(19)18-12-16(20)8-2-3-9-16/h4-7,20H,2-3,8-12H2,1H3,(H2,17,18,19). The first-order chi connectivity index (χ1) is 10.1. The lowest BCUT2D eigenvalue weighted by Gasteiger charge is -2.22. The minimum Gasteiger partial charge on any atom is -0.492 e. The highest BCUT2D eigenvalue weighted by Crippen LogP contribution is 2.28. The molecule has 1 saturated carbocycles. The molecular formula is C16H24N2O3. The molecule has 1 aromatic rings. The SMILES string of the molecule is Cc1ccc(OCCNC(=O)NCC2(O)CCCC2)cc1. The topological polar surface area (TPSA) is 70.6 Å². The van der Waals surface area contributed by atoms with Gasteiger partial charge in [0.25, 0.3) is 0 Å². The molecule has 1 aliphatic rings. The van der Waals surface area contributed by atoms with E-state index in [0.717, 1.165) is 31.4 Å². The van der Waals surface area contributed by atoms with Crippen LogP contribution in [0.15, 0.2) is 24.3 Å². The Balaban J connectivity index is 1.57. The molecule has 2 amide bonds. The van der Waals surface area contributed by atoms with Crippen molar-refractivity contribution in [3.8, 4) is 5.75 Å². The molecule has 116 valence electrons. The molecule has 1 aromatic carbocycles. The smallest absolute Gasteiger partial charge is 0.315 e. The quantitative estimate of drug-likeness (QED) is 0.702. The van der Waals surface area contributed by atoms with Gasteiger partial charge in [-0.15, -0.1) is 0 Å². The molecule has 0 atom stereocenters. The molecular weight excluding hydrogens is 268 g/mol. The highest BCUT2D eigenvalue weighted by Gasteiger charge is 2.31. The van der Waals surface area contributed by atoms with Crippen molar-refractivity contribution in [2.75, 3.05) is 19.7 Å². The van der Waals surface area contributed by atoms with Crippen LogP contribution >= 0.6 is 0 Å². The van der Waals surface area contributed by atoms with E-state index in [1.807, 2.05) is 31.2 Å². The van der Waals surface area contributed by atoms with Gasteiger partial charge in [-0.3, -0.25) is 0 Å². The van der Waals surface area contributed by atoms with E-state index in [4.69, 9.17) is 4.74 Å². The lowest BCUT2D eigenvalue weighted by atomic mass is 10.0. The zero-order valence-corrected chi connectivity index (χ0v) is 12.5. The van der Waals surface area contributed by atoms with Crippen LogP contribution in [-0.4, -0.2) is 36.4 Å². The Morgan fingerprint density at radius 3 is 2.57 bits per heavy atom. The number of hydrogen-bond acceptors (Lipinski definition) is 3. The Bertz CT molecular complexity index is 453. The molecule has 5 heteroatoms. The van der Waals surface area contributed by atoms with Gasteiger partial charge in [-0.2, -0.15) is 0 Å². The van der Waals surface area contributed by atoms with Gasteiger partial charge in [0.15, 0.2) is 0 Å². The molecule has 0 saturated heterocycles. The maximum absolute atomic E-state index is 11.6. The fraction of sp³-hybridized carbons (Fsp3) is 0.562. The summed E-state index contributed by atoms with van der Waals surface area (Å²) in [5.74, 6) is 0.795. The van der Waals surface area contributed by atoms with E-state index in [1.165, 1.54) is 5.56 Å². The maximum atomic E-state index is 11.6. The van der Waals surface area contributed by atoms with Crippen molar-refractivity contribution in [3.05, 3.63) is 29.8 Å². The fourth-order valence-corrected chi connectivity index (χ4v) is 2.49. The Kier molecular flexibility index (Phi) is 5.44. The van der Waals surface area contributed by atoms with Gasteiger partial charge < -0.3 is 20.5 Å². The van der Waals surface area contributed by atoms with Crippen molar-refractivity contribution in [2.24, 2.45) is 0 Å². The van der Waals surface area contributed by atoms with Crippen LogP contribution in [0.2, 0.25) is 0 Å². The van der Waals surface area contributed by atoms with Crippen molar-refractivity contribution in [1.82, 2.24) is 10.6 Å². The summed E-state index contributed by atoms with van der Waals surface area (Å²) in [6.45, 7) is 3.19. The van der Waals surface area contributed by atoms with Crippen molar-refractivity contribution in [1.29, 1.82) is 0 Å². The Morgan fingerprint density at radius 1 is 1.24 bits per heavy atom. The van der Waals surface area contributed by atoms with E-state index < -0.39 is 5.60 Å². The minimum atomic E-state index is -0.713. The van der Waals surface area contributed by atoms with Crippen molar-refractivity contribution < 1.29 is 14.6 Å². The molecule has 1 aliphatic carbocycles. The number of rotatable bonds is 6. The summed E-state index contributed by atoms with van der Waals surface area (Å²) < 4.78 is 5.52. The number of aliphatic hydroxyl groups is 1. The summed E-state index contributed by atoms with van der Waals surface area (Å²) in [5, 5.41) is 15.6. The molecule has 0 spiro atoms. The molecule has 1 fully saturated rings. The minimum absolute atomic E-state index is 0.261. The second-order valence-electron chi connectivity index (χ2n) is 5.70. The van der Waals surface area contributed by atoms with Gasteiger partial charge in [0.2, 0.25) is 0 Å². The summed E-state index contributed by atoms with van der Waals surface area (Å²) in [4.78, 5) is 11.6. The average Bonchev–Trinajstić information content (AvgIpc) is 2.91. The van der Waals surface area contributed by atoms with Gasteiger partial charge in [-0.1, -0.05) is 30.5 Å². The number of carbonyl (C=O) groups excluding carboxylic acids is 1. The monoisotopic (exact) mass is 292 g/mol. The molecule has 0 aromatic heterocycles. The van der Waals surface area contributed by atoms with Gasteiger partial charge in [-0.25, -0.2) is 4.79 Å². The van der Waals surface area contributed by atoms with Crippen molar-refractivity contribution in [3.63, 3.8) is 0 Å². The second kappa shape index (κ2) is 7.31.